The van der Waals surface area contributed by atoms with Crippen LogP contribution < -0.4 is 9.62 Å². The van der Waals surface area contributed by atoms with Crippen LogP contribution in [0.3, 0.4) is 0 Å². The minimum absolute atomic E-state index is 0.0228. The van der Waals surface area contributed by atoms with Gasteiger partial charge in [0, 0.05) is 19.5 Å². The quantitative estimate of drug-likeness (QED) is 0.132. The summed E-state index contributed by atoms with van der Waals surface area (Å²) in [5.41, 5.74) is 2.30. The van der Waals surface area contributed by atoms with Gasteiger partial charge in [-0.15, -0.1) is 0 Å². The van der Waals surface area contributed by atoms with E-state index in [2.05, 4.69) is 5.32 Å². The van der Waals surface area contributed by atoms with Crippen LogP contribution >= 0.6 is 46.4 Å². The number of hydrogen-bond donors (Lipinski definition) is 1. The lowest BCUT2D eigenvalue weighted by Gasteiger charge is -2.34. The SMILES string of the molecule is CCCCNC(=O)[C@@H](Cc1ccccc1)N(Cc1ccc(Cl)c(Cl)c1)C(=O)CN(c1cccc(Cl)c1Cl)S(=O)(=O)c1ccc(C)cc1. The van der Waals surface area contributed by atoms with Gasteiger partial charge in [-0.3, -0.25) is 13.9 Å². The molecule has 4 aromatic carbocycles. The van der Waals surface area contributed by atoms with Crippen molar-refractivity contribution in [1.82, 2.24) is 10.2 Å². The van der Waals surface area contributed by atoms with Crippen molar-refractivity contribution in [3.05, 3.63) is 128 Å². The molecule has 0 aromatic heterocycles. The molecule has 12 heteroatoms. The summed E-state index contributed by atoms with van der Waals surface area (Å²) in [6.07, 6.45) is 1.79. The van der Waals surface area contributed by atoms with Crippen LogP contribution in [-0.2, 0) is 32.6 Å². The van der Waals surface area contributed by atoms with Crippen molar-refractivity contribution in [1.29, 1.82) is 0 Å². The van der Waals surface area contributed by atoms with Crippen molar-refractivity contribution in [2.75, 3.05) is 17.4 Å². The summed E-state index contributed by atoms with van der Waals surface area (Å²) in [5.74, 6) is -1.01. The summed E-state index contributed by atoms with van der Waals surface area (Å²) in [7, 11) is -4.34. The Hall–Kier alpha value is -3.27. The van der Waals surface area contributed by atoms with E-state index in [0.29, 0.717) is 17.1 Å². The monoisotopic (exact) mass is 733 g/mol. The number of nitrogens with one attached hydrogen (secondary N) is 1. The molecule has 0 fully saturated rings. The molecule has 4 aromatic rings. The van der Waals surface area contributed by atoms with Gasteiger partial charge in [-0.1, -0.05) is 120 Å². The fraction of sp³-hybridized carbons (Fsp3) is 0.257. The number of carbonyl (C=O) groups excluding carboxylic acids is 2. The zero-order chi connectivity index (χ0) is 34.1. The summed E-state index contributed by atoms with van der Waals surface area (Å²) < 4.78 is 29.4. The average Bonchev–Trinajstić information content (AvgIpc) is 3.05. The van der Waals surface area contributed by atoms with Crippen molar-refractivity contribution >= 4 is 73.9 Å². The van der Waals surface area contributed by atoms with Gasteiger partial charge in [-0.05, 0) is 60.9 Å². The number of nitrogens with zero attached hydrogens (tertiary/aromatic N) is 2. The molecule has 0 saturated heterocycles. The van der Waals surface area contributed by atoms with Crippen LogP contribution in [-0.4, -0.2) is 44.3 Å². The van der Waals surface area contributed by atoms with E-state index in [0.717, 1.165) is 28.3 Å². The average molecular weight is 736 g/mol. The van der Waals surface area contributed by atoms with Gasteiger partial charge in [0.15, 0.2) is 0 Å². The first-order valence-electron chi connectivity index (χ1n) is 15.0. The largest absolute Gasteiger partial charge is 0.354 e. The van der Waals surface area contributed by atoms with E-state index < -0.39 is 28.5 Å². The second kappa shape index (κ2) is 16.7. The second-order valence-electron chi connectivity index (χ2n) is 11.0. The number of rotatable bonds is 14. The molecule has 2 amide bonds. The first kappa shape index (κ1) is 36.6. The van der Waals surface area contributed by atoms with Gasteiger partial charge in [0.1, 0.15) is 12.6 Å². The molecule has 0 aliphatic rings. The van der Waals surface area contributed by atoms with E-state index in [-0.39, 0.29) is 44.5 Å². The van der Waals surface area contributed by atoms with E-state index in [1.54, 1.807) is 36.4 Å². The maximum absolute atomic E-state index is 14.6. The number of aryl methyl sites for hydroxylation is 1. The number of amides is 2. The fourth-order valence-corrected chi connectivity index (χ4v) is 7.12. The van der Waals surface area contributed by atoms with Crippen LogP contribution in [0.2, 0.25) is 20.1 Å². The van der Waals surface area contributed by atoms with E-state index in [1.165, 1.54) is 29.2 Å². The number of anilines is 1. The Bertz CT molecular complexity index is 1810. The zero-order valence-electron chi connectivity index (χ0n) is 25.9. The van der Waals surface area contributed by atoms with Gasteiger partial charge in [0.05, 0.1) is 30.7 Å². The molecule has 0 bridgehead atoms. The lowest BCUT2D eigenvalue weighted by Crippen LogP contribution is -2.53. The van der Waals surface area contributed by atoms with E-state index in [1.807, 2.05) is 44.2 Å². The Morgan fingerprint density at radius 2 is 1.51 bits per heavy atom. The highest BCUT2D eigenvalue weighted by molar-refractivity contribution is 7.92. The first-order chi connectivity index (χ1) is 22.4. The Morgan fingerprint density at radius 1 is 0.809 bits per heavy atom. The third-order valence-electron chi connectivity index (χ3n) is 7.53. The number of halogens is 4. The molecule has 0 heterocycles. The van der Waals surface area contributed by atoms with Crippen LogP contribution in [0.4, 0.5) is 5.69 Å². The highest BCUT2D eigenvalue weighted by atomic mass is 35.5. The van der Waals surface area contributed by atoms with Crippen LogP contribution in [0.1, 0.15) is 36.5 Å². The van der Waals surface area contributed by atoms with Gasteiger partial charge < -0.3 is 10.2 Å². The predicted molar refractivity (Wildman–Crippen MR) is 191 cm³/mol. The number of carbonyl (C=O) groups is 2. The smallest absolute Gasteiger partial charge is 0.264 e. The molecule has 4 rings (SSSR count). The van der Waals surface area contributed by atoms with Gasteiger partial charge in [0.25, 0.3) is 10.0 Å². The topological polar surface area (TPSA) is 86.8 Å². The molecular weight excluding hydrogens is 700 g/mol. The van der Waals surface area contributed by atoms with Crippen molar-refractivity contribution < 1.29 is 18.0 Å². The van der Waals surface area contributed by atoms with Gasteiger partial charge in [-0.25, -0.2) is 8.42 Å². The van der Waals surface area contributed by atoms with Crippen molar-refractivity contribution in [2.45, 2.75) is 50.6 Å². The number of sulfonamides is 1. The lowest BCUT2D eigenvalue weighted by molar-refractivity contribution is -0.140. The predicted octanol–water partition coefficient (Wildman–Crippen LogP) is 8.36. The maximum atomic E-state index is 14.6. The number of hydrogen-bond acceptors (Lipinski definition) is 4. The Kier molecular flexibility index (Phi) is 13.0. The second-order valence-corrected chi connectivity index (χ2v) is 14.5. The molecule has 47 heavy (non-hydrogen) atoms. The summed E-state index contributed by atoms with van der Waals surface area (Å²) in [5, 5.41) is 3.65. The van der Waals surface area contributed by atoms with E-state index in [4.69, 9.17) is 46.4 Å². The molecule has 1 atom stereocenters. The van der Waals surface area contributed by atoms with Crippen LogP contribution in [0.15, 0.2) is 95.9 Å². The fourth-order valence-electron chi connectivity index (χ4n) is 4.93. The molecule has 0 saturated carbocycles. The van der Waals surface area contributed by atoms with Crippen LogP contribution in [0, 0.1) is 6.92 Å². The Labute approximate surface area is 296 Å². The third-order valence-corrected chi connectivity index (χ3v) is 10.8. The van der Waals surface area contributed by atoms with Crippen LogP contribution in [0.5, 0.6) is 0 Å². The van der Waals surface area contributed by atoms with Crippen molar-refractivity contribution in [2.24, 2.45) is 0 Å². The summed E-state index contributed by atoms with van der Waals surface area (Å²) in [4.78, 5) is 29.8. The lowest BCUT2D eigenvalue weighted by atomic mass is 10.0. The Morgan fingerprint density at radius 3 is 2.17 bits per heavy atom. The molecule has 0 spiro atoms. The summed E-state index contributed by atoms with van der Waals surface area (Å²) in [6.45, 7) is 3.53. The highest BCUT2D eigenvalue weighted by Crippen LogP contribution is 2.36. The molecule has 0 aliphatic carbocycles. The minimum atomic E-state index is -4.34. The zero-order valence-corrected chi connectivity index (χ0v) is 29.8. The molecule has 0 unspecified atom stereocenters. The number of benzene rings is 4. The van der Waals surface area contributed by atoms with Gasteiger partial charge in [0.2, 0.25) is 11.8 Å². The molecule has 248 valence electrons. The maximum Gasteiger partial charge on any atom is 0.264 e. The first-order valence-corrected chi connectivity index (χ1v) is 18.0. The molecule has 7 nitrogen and oxygen atoms in total. The third kappa shape index (κ3) is 9.42. The summed E-state index contributed by atoms with van der Waals surface area (Å²) >= 11 is 25.4. The number of unbranched alkanes of at least 4 members (excludes halogenated alkanes) is 1. The molecule has 0 radical (unpaired) electrons. The highest BCUT2D eigenvalue weighted by Gasteiger charge is 2.35. The van der Waals surface area contributed by atoms with Crippen molar-refractivity contribution in [3.8, 4) is 0 Å². The summed E-state index contributed by atoms with van der Waals surface area (Å²) in [6, 6.07) is 24.1. The molecule has 1 N–H and O–H groups in total. The van der Waals surface area contributed by atoms with Crippen LogP contribution in [0.25, 0.3) is 0 Å². The minimum Gasteiger partial charge on any atom is -0.354 e. The van der Waals surface area contributed by atoms with Crippen molar-refractivity contribution in [3.63, 3.8) is 0 Å². The van der Waals surface area contributed by atoms with Gasteiger partial charge in [-0.2, -0.15) is 0 Å². The standard InChI is InChI=1S/C35H35Cl4N3O4S/c1-3-4-19-40-35(44)32(21-25-9-6-5-7-10-25)41(22-26-15-18-28(36)30(38)20-26)33(43)23-42(31-12-8-11-29(37)34(31)39)47(45,46)27-16-13-24(2)14-17-27/h5-18,20,32H,3-4,19,21-23H2,1-2H3,(H,40,44)/t32-/m1/s1. The normalized spacial score (nSPS) is 12.0. The Balaban J connectivity index is 1.83. The van der Waals surface area contributed by atoms with E-state index in [9.17, 15) is 18.0 Å². The van der Waals surface area contributed by atoms with Gasteiger partial charge >= 0.3 is 0 Å². The van der Waals surface area contributed by atoms with E-state index >= 15 is 0 Å². The molecular formula is C35H35Cl4N3O4S. The molecule has 0 aliphatic heterocycles.